The molecule has 1 aromatic heterocycles. The average Bonchev–Trinajstić information content (AvgIpc) is 2.77. The minimum atomic E-state index is 0.717. The van der Waals surface area contributed by atoms with E-state index in [9.17, 15) is 0 Å². The smallest absolute Gasteiger partial charge is 0.0314 e. The molecule has 3 atom stereocenters. The van der Waals surface area contributed by atoms with E-state index in [1.54, 1.807) is 0 Å². The van der Waals surface area contributed by atoms with Gasteiger partial charge in [0.15, 0.2) is 0 Å². The molecule has 0 amide bonds. The highest BCUT2D eigenvalue weighted by Gasteiger charge is 2.31. The summed E-state index contributed by atoms with van der Waals surface area (Å²) in [6.45, 7) is 8.10. The van der Waals surface area contributed by atoms with Gasteiger partial charge in [0, 0.05) is 15.4 Å². The maximum atomic E-state index is 3.72. The maximum Gasteiger partial charge on any atom is 0.0314 e. The monoisotopic (exact) mass is 343 g/mol. The molecular weight excluding hydrogens is 318 g/mol. The van der Waals surface area contributed by atoms with E-state index < -0.39 is 0 Å². The van der Waals surface area contributed by atoms with Crippen molar-refractivity contribution in [2.75, 3.05) is 6.54 Å². The van der Waals surface area contributed by atoms with Crippen molar-refractivity contribution in [3.05, 3.63) is 20.8 Å². The van der Waals surface area contributed by atoms with Gasteiger partial charge in [-0.25, -0.2) is 0 Å². The quantitative estimate of drug-likeness (QED) is 0.783. The first kappa shape index (κ1) is 15.5. The summed E-state index contributed by atoms with van der Waals surface area (Å²) in [5, 5.41) is 5.91. The number of nitrogens with one attached hydrogen (secondary N) is 1. The third-order valence-electron chi connectivity index (χ3n) is 4.57. The molecule has 0 saturated heterocycles. The van der Waals surface area contributed by atoms with Crippen molar-refractivity contribution in [2.24, 2.45) is 17.8 Å². The van der Waals surface area contributed by atoms with Crippen LogP contribution in [-0.2, 0) is 6.42 Å². The molecule has 0 aromatic carbocycles. The molecule has 1 aliphatic rings. The van der Waals surface area contributed by atoms with Gasteiger partial charge in [-0.2, -0.15) is 0 Å². The lowest BCUT2D eigenvalue weighted by Gasteiger charge is -2.38. The van der Waals surface area contributed by atoms with Crippen LogP contribution in [-0.4, -0.2) is 12.6 Å². The summed E-state index contributed by atoms with van der Waals surface area (Å²) in [5.74, 6) is 2.55. The van der Waals surface area contributed by atoms with Gasteiger partial charge in [0.05, 0.1) is 0 Å². The lowest BCUT2D eigenvalue weighted by molar-refractivity contribution is 0.169. The summed E-state index contributed by atoms with van der Waals surface area (Å²) in [6.07, 6.45) is 5.38. The molecule has 1 saturated carbocycles. The minimum absolute atomic E-state index is 0.717. The fourth-order valence-corrected chi connectivity index (χ4v) is 4.98. The fraction of sp³-hybridized carbons (Fsp3) is 0.750. The number of hydrogen-bond acceptors (Lipinski definition) is 2. The van der Waals surface area contributed by atoms with E-state index in [1.165, 1.54) is 35.0 Å². The van der Waals surface area contributed by atoms with Crippen LogP contribution in [0.4, 0.5) is 0 Å². The van der Waals surface area contributed by atoms with Gasteiger partial charge in [0.25, 0.3) is 0 Å². The van der Waals surface area contributed by atoms with Gasteiger partial charge >= 0.3 is 0 Å². The standard InChI is InChI=1S/C16H26BrNS/c1-4-18-15-6-5-12(11(2)3)9-13(15)10-16-14(17)7-8-19-16/h7-8,11-13,15,18H,4-6,9-10H2,1-3H3. The van der Waals surface area contributed by atoms with Crippen LogP contribution in [0.2, 0.25) is 0 Å². The first-order valence-electron chi connectivity index (χ1n) is 7.57. The molecule has 1 aromatic rings. The molecule has 1 fully saturated rings. The molecule has 1 N–H and O–H groups in total. The lowest BCUT2D eigenvalue weighted by atomic mass is 9.72. The molecule has 0 radical (unpaired) electrons. The molecule has 19 heavy (non-hydrogen) atoms. The Kier molecular flexibility index (Phi) is 5.91. The van der Waals surface area contributed by atoms with E-state index in [4.69, 9.17) is 0 Å². The predicted molar refractivity (Wildman–Crippen MR) is 88.9 cm³/mol. The summed E-state index contributed by atoms with van der Waals surface area (Å²) in [6, 6.07) is 2.90. The van der Waals surface area contributed by atoms with E-state index in [0.717, 1.165) is 24.3 Å². The average molecular weight is 344 g/mol. The lowest BCUT2D eigenvalue weighted by Crippen LogP contribution is -2.42. The molecule has 0 bridgehead atoms. The Labute approximate surface area is 130 Å². The summed E-state index contributed by atoms with van der Waals surface area (Å²) in [7, 11) is 0. The van der Waals surface area contributed by atoms with Crippen LogP contribution in [0.15, 0.2) is 15.9 Å². The summed E-state index contributed by atoms with van der Waals surface area (Å²) < 4.78 is 1.31. The van der Waals surface area contributed by atoms with E-state index >= 15 is 0 Å². The zero-order valence-electron chi connectivity index (χ0n) is 12.3. The van der Waals surface area contributed by atoms with Crippen LogP contribution in [0.5, 0.6) is 0 Å². The third kappa shape index (κ3) is 4.05. The van der Waals surface area contributed by atoms with Gasteiger partial charge in [0.1, 0.15) is 0 Å². The highest BCUT2D eigenvalue weighted by molar-refractivity contribution is 9.10. The van der Waals surface area contributed by atoms with Crippen LogP contribution < -0.4 is 5.32 Å². The van der Waals surface area contributed by atoms with Gasteiger partial charge in [-0.3, -0.25) is 0 Å². The molecule has 3 heteroatoms. The highest BCUT2D eigenvalue weighted by Crippen LogP contribution is 2.37. The Bertz CT molecular complexity index is 388. The summed E-state index contributed by atoms with van der Waals surface area (Å²) in [4.78, 5) is 1.53. The zero-order valence-corrected chi connectivity index (χ0v) is 14.7. The highest BCUT2D eigenvalue weighted by atomic mass is 79.9. The van der Waals surface area contributed by atoms with E-state index in [-0.39, 0.29) is 0 Å². The number of rotatable bonds is 5. The number of thiophene rings is 1. The van der Waals surface area contributed by atoms with Crippen molar-refractivity contribution >= 4 is 27.3 Å². The topological polar surface area (TPSA) is 12.0 Å². The Morgan fingerprint density at radius 3 is 2.79 bits per heavy atom. The largest absolute Gasteiger partial charge is 0.314 e. The van der Waals surface area contributed by atoms with Crippen LogP contribution in [0.3, 0.4) is 0 Å². The normalized spacial score (nSPS) is 27.9. The number of hydrogen-bond donors (Lipinski definition) is 1. The molecule has 108 valence electrons. The van der Waals surface area contributed by atoms with Crippen molar-refractivity contribution in [1.29, 1.82) is 0 Å². The van der Waals surface area contributed by atoms with E-state index in [1.807, 2.05) is 11.3 Å². The molecule has 2 rings (SSSR count). The van der Waals surface area contributed by atoms with Crippen molar-refractivity contribution in [2.45, 2.75) is 52.5 Å². The third-order valence-corrected chi connectivity index (χ3v) is 6.52. The molecule has 3 unspecified atom stereocenters. The fourth-order valence-electron chi connectivity index (χ4n) is 3.37. The van der Waals surface area contributed by atoms with Crippen LogP contribution >= 0.6 is 27.3 Å². The molecule has 0 aliphatic heterocycles. The Hall–Kier alpha value is 0.140. The SMILES string of the molecule is CCNC1CCC(C(C)C)CC1Cc1sccc1Br. The second-order valence-corrected chi connectivity index (χ2v) is 7.99. The van der Waals surface area contributed by atoms with E-state index in [0.29, 0.717) is 6.04 Å². The Morgan fingerprint density at radius 2 is 2.21 bits per heavy atom. The first-order chi connectivity index (χ1) is 9.11. The van der Waals surface area contributed by atoms with Crippen molar-refractivity contribution in [3.63, 3.8) is 0 Å². The molecule has 0 spiro atoms. The molecule has 1 aliphatic carbocycles. The Balaban J connectivity index is 2.05. The zero-order chi connectivity index (χ0) is 13.8. The molecule has 1 nitrogen and oxygen atoms in total. The van der Waals surface area contributed by atoms with Gasteiger partial charge in [-0.1, -0.05) is 20.8 Å². The predicted octanol–water partition coefficient (Wildman–Crippen LogP) is 5.10. The van der Waals surface area contributed by atoms with Crippen LogP contribution in [0.1, 0.15) is 44.9 Å². The van der Waals surface area contributed by atoms with Gasteiger partial charge in [0.2, 0.25) is 0 Å². The van der Waals surface area contributed by atoms with E-state index in [2.05, 4.69) is 53.5 Å². The van der Waals surface area contributed by atoms with Crippen molar-refractivity contribution in [3.8, 4) is 0 Å². The maximum absolute atomic E-state index is 3.72. The minimum Gasteiger partial charge on any atom is -0.314 e. The number of halogens is 1. The molecule has 1 heterocycles. The second-order valence-electron chi connectivity index (χ2n) is 6.14. The van der Waals surface area contributed by atoms with Crippen LogP contribution in [0, 0.1) is 17.8 Å². The van der Waals surface area contributed by atoms with Gasteiger partial charge < -0.3 is 5.32 Å². The summed E-state index contributed by atoms with van der Waals surface area (Å²) >= 11 is 5.58. The molecular formula is C16H26BrNS. The summed E-state index contributed by atoms with van der Waals surface area (Å²) in [5.41, 5.74) is 0. The Morgan fingerprint density at radius 1 is 1.42 bits per heavy atom. The van der Waals surface area contributed by atoms with Gasteiger partial charge in [-0.05, 0) is 77.4 Å². The van der Waals surface area contributed by atoms with Crippen LogP contribution in [0.25, 0.3) is 0 Å². The second kappa shape index (κ2) is 7.24. The first-order valence-corrected chi connectivity index (χ1v) is 9.24. The van der Waals surface area contributed by atoms with Crippen molar-refractivity contribution < 1.29 is 0 Å². The van der Waals surface area contributed by atoms with Gasteiger partial charge in [-0.15, -0.1) is 11.3 Å². The van der Waals surface area contributed by atoms with Crippen molar-refractivity contribution in [1.82, 2.24) is 5.32 Å².